The van der Waals surface area contributed by atoms with Crippen LogP contribution in [0.25, 0.3) is 78.4 Å². The van der Waals surface area contributed by atoms with Gasteiger partial charge in [0.05, 0.1) is 38.0 Å². The summed E-state index contributed by atoms with van der Waals surface area (Å²) < 4.78 is 11.9. The van der Waals surface area contributed by atoms with Crippen molar-refractivity contribution in [2.45, 2.75) is 167 Å². The van der Waals surface area contributed by atoms with Crippen molar-refractivity contribution in [2.75, 3.05) is 55.7 Å². The number of imidazole rings is 6. The van der Waals surface area contributed by atoms with E-state index >= 15 is 0 Å². The molecule has 16 N–H and O–H groups in total. The molecule has 0 fully saturated rings. The van der Waals surface area contributed by atoms with E-state index in [4.69, 9.17) is 34.4 Å². The molecular weight excluding hydrogens is 1590 g/mol. The van der Waals surface area contributed by atoms with Crippen LogP contribution in [0.5, 0.6) is 0 Å². The number of anilines is 14. The predicted molar refractivity (Wildman–Crippen MR) is 512 cm³/mol. The smallest absolute Gasteiger partial charge is 0.231 e. The molecule has 0 aliphatic rings. The van der Waals surface area contributed by atoms with E-state index in [1.54, 1.807) is 38.0 Å². The van der Waals surface area contributed by atoms with Gasteiger partial charge in [-0.2, -0.15) is 39.9 Å². The number of hydrogen-bond donors (Lipinski definition) is 10. The van der Waals surface area contributed by atoms with Crippen molar-refractivity contribution in [2.24, 2.45) is 0 Å². The lowest BCUT2D eigenvalue weighted by Crippen LogP contribution is -2.06. The Morgan fingerprint density at radius 2 is 0.622 bits per heavy atom. The molecule has 0 spiro atoms. The number of hydrogen-bond acceptors (Lipinski definition) is 28. The van der Waals surface area contributed by atoms with Gasteiger partial charge in [0.2, 0.25) is 29.6 Å². The highest BCUT2D eigenvalue weighted by molar-refractivity contribution is 5.88. The lowest BCUT2D eigenvalue weighted by Gasteiger charge is -2.11. The molecule has 0 bridgehead atoms. The standard InChI is InChI=1S/3C16H20N6.C16H15N5.C14H16N6.C14H15N5.CH4/c1-4-11-5-7-12(8-6-11)19-16-20-14(17)13-15(21-16)22(9-18-13)10(2)3;1-4-11-6-5-7-12(8-11)19-16-20-14(17)13-15(21-16)22(9-18-13)10(2)3;1-4-11-7-5-6-8-12(11)19-16-20-14(17)13-15(21-16)22(9-18-13)10(2)3;1-11(2)21-10-18-14-15(17)19-13(20-16(14)21)9-8-12-6-4-3-5-7-12;1-9(2)20-8-16-11-12(15)18-14(19-13(11)20)17-10-6-4-3-5-7-10;1-9(2)19-8-16-11-12(15)17-13(18-14(11)19)10-6-4-3-5-7-10;/h3*5-10H,4H2,1-3H3,(H3,17,19,20,21);3-7,10-11H,1-2H3,(H2,17,19,20);3-9H,1-2H3,(H3,15,17,18,19);3-9H,1-2H3,(H2,15,17,18);1H4. The largest absolute Gasteiger partial charge is 0.382 e. The van der Waals surface area contributed by atoms with Crippen molar-refractivity contribution in [3.63, 3.8) is 0 Å². The lowest BCUT2D eigenvalue weighted by molar-refractivity contribution is 0.612. The monoisotopic (exact) mass is 1700 g/mol. The summed E-state index contributed by atoms with van der Waals surface area (Å²) in [5, 5.41) is 12.8. The van der Waals surface area contributed by atoms with Gasteiger partial charge in [0.25, 0.3) is 0 Å². The molecule has 34 nitrogen and oxygen atoms in total. The topological polar surface area (TPSA) is 466 Å². The molecule has 127 heavy (non-hydrogen) atoms. The second-order valence-corrected chi connectivity index (χ2v) is 31.1. The van der Waals surface area contributed by atoms with Crippen LogP contribution in [0, 0.1) is 11.8 Å². The van der Waals surface area contributed by atoms with Crippen LogP contribution in [0.2, 0.25) is 0 Å². The van der Waals surface area contributed by atoms with Gasteiger partial charge in [-0.25, -0.2) is 49.8 Å². The third-order valence-corrected chi connectivity index (χ3v) is 20.0. The molecule has 0 aliphatic carbocycles. The zero-order chi connectivity index (χ0) is 89.4. The van der Waals surface area contributed by atoms with Gasteiger partial charge in [-0.05, 0) is 180 Å². The van der Waals surface area contributed by atoms with Crippen LogP contribution in [0.3, 0.4) is 0 Å². The van der Waals surface area contributed by atoms with Gasteiger partial charge in [-0.3, -0.25) is 0 Å². The van der Waals surface area contributed by atoms with E-state index in [1.165, 1.54) is 16.7 Å². The van der Waals surface area contributed by atoms with Gasteiger partial charge in [0.15, 0.2) is 74.6 Å². The first-order valence-electron chi connectivity index (χ1n) is 41.7. The van der Waals surface area contributed by atoms with E-state index in [1.807, 2.05) is 161 Å². The SMILES string of the molecule is C.CC(C)n1cnc2c(N)nc(-c3ccccc3)nc21.CC(C)n1cnc2c(N)nc(C#Cc3ccccc3)nc21.CC(C)n1cnc2c(N)nc(Nc3ccccc3)nc21.CCc1ccc(Nc2nc(N)c3ncn(C(C)C)c3n2)cc1.CCc1cccc(Nc2nc(N)c3ncn(C(C)C)c3n2)c1.CCc1ccccc1Nc1nc(N)c2ncn(C(C)C)c2n1. The van der Waals surface area contributed by atoms with Crippen molar-refractivity contribution in [3.8, 4) is 23.2 Å². The quantitative estimate of drug-likeness (QED) is 0.0357. The summed E-state index contributed by atoms with van der Waals surface area (Å²) >= 11 is 0. The van der Waals surface area contributed by atoms with E-state index in [0.29, 0.717) is 103 Å². The molecule has 34 heteroatoms. The molecule has 0 atom stereocenters. The van der Waals surface area contributed by atoms with Gasteiger partial charge in [-0.15, -0.1) is 0 Å². The molecule has 18 rings (SSSR count). The maximum atomic E-state index is 6.03. The van der Waals surface area contributed by atoms with Gasteiger partial charge in [0, 0.05) is 70.1 Å². The second-order valence-electron chi connectivity index (χ2n) is 31.1. The predicted octanol–water partition coefficient (Wildman–Crippen LogP) is 18.3. The van der Waals surface area contributed by atoms with Crippen LogP contribution in [0.4, 0.5) is 81.5 Å². The van der Waals surface area contributed by atoms with Gasteiger partial charge in [-0.1, -0.05) is 143 Å². The number of aromatic nitrogens is 24. The summed E-state index contributed by atoms with van der Waals surface area (Å²) in [7, 11) is 0. The number of para-hydroxylation sites is 2. The van der Waals surface area contributed by atoms with E-state index in [9.17, 15) is 0 Å². The number of benzene rings is 6. The fourth-order valence-corrected chi connectivity index (χ4v) is 13.2. The molecule has 0 saturated carbocycles. The summed E-state index contributed by atoms with van der Waals surface area (Å²) in [6.45, 7) is 31.3. The Morgan fingerprint density at radius 1 is 0.291 bits per heavy atom. The molecule has 0 radical (unpaired) electrons. The number of rotatable bonds is 18. The fraction of sp³-hybridized carbons (Fsp3) is 0.269. The summed E-state index contributed by atoms with van der Waals surface area (Å²) in [4.78, 5) is 78.7. The molecule has 0 amide bonds. The number of nitrogens with one attached hydrogen (secondary N) is 4. The molecule has 0 unspecified atom stereocenters. The highest BCUT2D eigenvalue weighted by Crippen LogP contribution is 2.31. The van der Waals surface area contributed by atoms with Crippen molar-refractivity contribution < 1.29 is 0 Å². The Hall–Kier alpha value is -15.8. The van der Waals surface area contributed by atoms with E-state index in [-0.39, 0.29) is 43.7 Å². The average Bonchev–Trinajstić information content (AvgIpc) is 1.63. The zero-order valence-electron chi connectivity index (χ0n) is 73.3. The molecular formula is C93H110N34. The number of nitrogens with zero attached hydrogens (tertiary/aromatic N) is 24. The van der Waals surface area contributed by atoms with Crippen LogP contribution in [-0.2, 0) is 19.3 Å². The van der Waals surface area contributed by atoms with Gasteiger partial charge >= 0.3 is 0 Å². The van der Waals surface area contributed by atoms with Crippen LogP contribution in [0.1, 0.15) is 176 Å². The highest BCUT2D eigenvalue weighted by Gasteiger charge is 2.21. The lowest BCUT2D eigenvalue weighted by atomic mass is 10.1. The molecule has 0 saturated heterocycles. The van der Waals surface area contributed by atoms with Crippen LogP contribution in [-0.4, -0.2) is 117 Å². The van der Waals surface area contributed by atoms with E-state index in [2.05, 4.69) is 257 Å². The zero-order valence-corrected chi connectivity index (χ0v) is 73.3. The summed E-state index contributed by atoms with van der Waals surface area (Å²) in [6.07, 6.45) is 13.4. The molecule has 12 aromatic heterocycles. The van der Waals surface area contributed by atoms with Crippen LogP contribution < -0.4 is 55.7 Å². The maximum absolute atomic E-state index is 6.03. The van der Waals surface area contributed by atoms with E-state index in [0.717, 1.165) is 87.0 Å². The van der Waals surface area contributed by atoms with Crippen LogP contribution >= 0.6 is 0 Å². The Kier molecular flexibility index (Phi) is 29.1. The van der Waals surface area contributed by atoms with Crippen molar-refractivity contribution in [3.05, 3.63) is 230 Å². The molecule has 6 aromatic carbocycles. The Morgan fingerprint density at radius 3 is 1.02 bits per heavy atom. The highest BCUT2D eigenvalue weighted by atomic mass is 15.3. The Balaban J connectivity index is 0.000000138. The summed E-state index contributed by atoms with van der Waals surface area (Å²) in [5.74, 6) is 11.3. The van der Waals surface area contributed by atoms with E-state index < -0.39 is 0 Å². The van der Waals surface area contributed by atoms with Gasteiger partial charge < -0.3 is 83.1 Å². The first-order chi connectivity index (χ1) is 60.7. The van der Waals surface area contributed by atoms with Crippen molar-refractivity contribution in [1.29, 1.82) is 0 Å². The first-order valence-corrected chi connectivity index (χ1v) is 41.7. The summed E-state index contributed by atoms with van der Waals surface area (Å²) in [5.41, 5.74) is 53.7. The van der Waals surface area contributed by atoms with Gasteiger partial charge in [0.1, 0.15) is 33.1 Å². The average molecular weight is 1700 g/mol. The Labute approximate surface area is 737 Å². The number of nitrogens with two attached hydrogens (primary N) is 6. The molecule has 652 valence electrons. The minimum absolute atomic E-state index is 0. The minimum Gasteiger partial charge on any atom is -0.382 e. The first kappa shape index (κ1) is 90.4. The second kappa shape index (κ2) is 40.9. The molecule has 0 aliphatic heterocycles. The minimum atomic E-state index is 0. The fourth-order valence-electron chi connectivity index (χ4n) is 13.2. The third-order valence-electron chi connectivity index (χ3n) is 20.0. The van der Waals surface area contributed by atoms with Crippen LogP contribution in [0.15, 0.2) is 202 Å². The third kappa shape index (κ3) is 21.6. The Bertz CT molecular complexity index is 6790. The molecule has 18 aromatic rings. The normalized spacial score (nSPS) is 11.1. The van der Waals surface area contributed by atoms with Crippen molar-refractivity contribution >= 4 is 148 Å². The number of nitrogen functional groups attached to an aromatic ring is 6. The summed E-state index contributed by atoms with van der Waals surface area (Å²) in [6, 6.07) is 55.3. The maximum Gasteiger partial charge on any atom is 0.231 e. The van der Waals surface area contributed by atoms with Crippen molar-refractivity contribution in [1.82, 2.24) is 117 Å². The number of aryl methyl sites for hydroxylation is 3. The molecule has 12 heterocycles. The number of fused-ring (bicyclic) bond motifs is 6.